The number of pyridine rings is 1. The van der Waals surface area contributed by atoms with Crippen molar-refractivity contribution >= 4 is 5.69 Å². The summed E-state index contributed by atoms with van der Waals surface area (Å²) in [6.45, 7) is 1.99. The van der Waals surface area contributed by atoms with Gasteiger partial charge in [0.1, 0.15) is 6.10 Å². The van der Waals surface area contributed by atoms with Crippen molar-refractivity contribution in [3.8, 4) is 5.88 Å². The summed E-state index contributed by atoms with van der Waals surface area (Å²) in [5.74, 6) is 0.588. The van der Waals surface area contributed by atoms with Gasteiger partial charge in [0.2, 0.25) is 5.88 Å². The van der Waals surface area contributed by atoms with E-state index in [-0.39, 0.29) is 6.10 Å². The lowest BCUT2D eigenvalue weighted by Crippen LogP contribution is -2.04. The SMILES string of the molecule is CC(Oc1ccc(N)cn1)c1ccccc1. The van der Waals surface area contributed by atoms with Crippen molar-refractivity contribution in [2.24, 2.45) is 0 Å². The second-order valence-electron chi connectivity index (χ2n) is 3.60. The van der Waals surface area contributed by atoms with Crippen molar-refractivity contribution < 1.29 is 4.74 Å². The minimum Gasteiger partial charge on any atom is -0.470 e. The van der Waals surface area contributed by atoms with Gasteiger partial charge in [-0.1, -0.05) is 30.3 Å². The first-order valence-electron chi connectivity index (χ1n) is 5.19. The average molecular weight is 214 g/mol. The predicted molar refractivity (Wildman–Crippen MR) is 64.1 cm³/mol. The number of nitrogens with zero attached hydrogens (tertiary/aromatic N) is 1. The molecule has 0 bridgehead atoms. The number of hydrogen-bond donors (Lipinski definition) is 1. The molecule has 0 aliphatic heterocycles. The highest BCUT2D eigenvalue weighted by molar-refractivity contribution is 5.36. The number of aromatic nitrogens is 1. The lowest BCUT2D eigenvalue weighted by atomic mass is 10.1. The Morgan fingerprint density at radius 2 is 1.88 bits per heavy atom. The molecule has 1 aromatic carbocycles. The Balaban J connectivity index is 2.08. The van der Waals surface area contributed by atoms with Gasteiger partial charge in [0.25, 0.3) is 0 Å². The molecule has 16 heavy (non-hydrogen) atoms. The van der Waals surface area contributed by atoms with Crippen LogP contribution in [-0.4, -0.2) is 4.98 Å². The van der Waals surface area contributed by atoms with Gasteiger partial charge < -0.3 is 10.5 Å². The zero-order chi connectivity index (χ0) is 11.4. The molecule has 0 fully saturated rings. The molecule has 0 aliphatic carbocycles. The van der Waals surface area contributed by atoms with E-state index in [4.69, 9.17) is 10.5 Å². The summed E-state index contributed by atoms with van der Waals surface area (Å²) in [5.41, 5.74) is 7.32. The first-order chi connectivity index (χ1) is 7.75. The van der Waals surface area contributed by atoms with E-state index in [0.717, 1.165) is 5.56 Å². The van der Waals surface area contributed by atoms with Gasteiger partial charge in [-0.2, -0.15) is 0 Å². The van der Waals surface area contributed by atoms with Crippen LogP contribution in [0.15, 0.2) is 48.7 Å². The summed E-state index contributed by atoms with van der Waals surface area (Å²) in [6, 6.07) is 13.6. The Labute approximate surface area is 94.9 Å². The Morgan fingerprint density at radius 1 is 1.12 bits per heavy atom. The number of benzene rings is 1. The van der Waals surface area contributed by atoms with Crippen LogP contribution in [0.4, 0.5) is 5.69 Å². The molecule has 0 radical (unpaired) electrons. The molecule has 3 heteroatoms. The molecule has 82 valence electrons. The van der Waals surface area contributed by atoms with Crippen LogP contribution in [0.2, 0.25) is 0 Å². The average Bonchev–Trinajstić information content (AvgIpc) is 2.33. The molecule has 3 nitrogen and oxygen atoms in total. The van der Waals surface area contributed by atoms with E-state index < -0.39 is 0 Å². The maximum Gasteiger partial charge on any atom is 0.213 e. The van der Waals surface area contributed by atoms with E-state index in [2.05, 4.69) is 4.98 Å². The first-order valence-corrected chi connectivity index (χ1v) is 5.19. The van der Waals surface area contributed by atoms with Gasteiger partial charge in [-0.05, 0) is 18.6 Å². The fraction of sp³-hybridized carbons (Fsp3) is 0.154. The van der Waals surface area contributed by atoms with Crippen LogP contribution in [0.1, 0.15) is 18.6 Å². The predicted octanol–water partition coefficient (Wildman–Crippen LogP) is 2.80. The maximum absolute atomic E-state index is 5.69. The Kier molecular flexibility index (Phi) is 3.05. The Hall–Kier alpha value is -2.03. The Morgan fingerprint density at radius 3 is 2.50 bits per heavy atom. The molecule has 1 heterocycles. The van der Waals surface area contributed by atoms with E-state index in [9.17, 15) is 0 Å². The number of ether oxygens (including phenoxy) is 1. The molecule has 0 spiro atoms. The summed E-state index contributed by atoms with van der Waals surface area (Å²) in [4.78, 5) is 4.10. The Bertz CT molecular complexity index is 439. The second-order valence-corrected chi connectivity index (χ2v) is 3.60. The summed E-state index contributed by atoms with van der Waals surface area (Å²) in [7, 11) is 0. The summed E-state index contributed by atoms with van der Waals surface area (Å²) in [6.07, 6.45) is 1.57. The van der Waals surface area contributed by atoms with Crippen LogP contribution in [-0.2, 0) is 0 Å². The van der Waals surface area contributed by atoms with Gasteiger partial charge in [0.15, 0.2) is 0 Å². The minimum atomic E-state index is -0.0164. The third-order valence-electron chi connectivity index (χ3n) is 2.33. The summed E-state index contributed by atoms with van der Waals surface area (Å²) < 4.78 is 5.69. The topological polar surface area (TPSA) is 48.1 Å². The second kappa shape index (κ2) is 4.66. The quantitative estimate of drug-likeness (QED) is 0.854. The zero-order valence-electron chi connectivity index (χ0n) is 9.13. The van der Waals surface area contributed by atoms with Gasteiger partial charge in [-0.3, -0.25) is 0 Å². The van der Waals surface area contributed by atoms with E-state index in [1.807, 2.05) is 37.3 Å². The molecule has 2 rings (SSSR count). The maximum atomic E-state index is 5.69. The van der Waals surface area contributed by atoms with Crippen molar-refractivity contribution in [3.05, 3.63) is 54.2 Å². The molecule has 2 N–H and O–H groups in total. The van der Waals surface area contributed by atoms with Crippen LogP contribution in [0.3, 0.4) is 0 Å². The van der Waals surface area contributed by atoms with Gasteiger partial charge in [-0.25, -0.2) is 4.98 Å². The van der Waals surface area contributed by atoms with Crippen LogP contribution >= 0.6 is 0 Å². The molecule has 0 saturated heterocycles. The van der Waals surface area contributed by atoms with Crippen molar-refractivity contribution in [2.75, 3.05) is 5.73 Å². The zero-order valence-corrected chi connectivity index (χ0v) is 9.13. The van der Waals surface area contributed by atoms with E-state index in [0.29, 0.717) is 11.6 Å². The smallest absolute Gasteiger partial charge is 0.213 e. The van der Waals surface area contributed by atoms with Crippen molar-refractivity contribution in [3.63, 3.8) is 0 Å². The number of anilines is 1. The van der Waals surface area contributed by atoms with Crippen LogP contribution in [0.25, 0.3) is 0 Å². The molecule has 0 aliphatic rings. The van der Waals surface area contributed by atoms with E-state index >= 15 is 0 Å². The van der Waals surface area contributed by atoms with E-state index in [1.165, 1.54) is 0 Å². The third-order valence-corrected chi connectivity index (χ3v) is 2.33. The molecular formula is C13H14N2O. The lowest BCUT2D eigenvalue weighted by Gasteiger charge is -2.13. The van der Waals surface area contributed by atoms with Crippen LogP contribution < -0.4 is 10.5 Å². The molecule has 0 amide bonds. The molecule has 1 unspecified atom stereocenters. The highest BCUT2D eigenvalue weighted by Gasteiger charge is 2.06. The van der Waals surface area contributed by atoms with Crippen molar-refractivity contribution in [2.45, 2.75) is 13.0 Å². The standard InChI is InChI=1S/C13H14N2O/c1-10(11-5-3-2-4-6-11)16-13-8-7-12(14)9-15-13/h2-10H,14H2,1H3. The highest BCUT2D eigenvalue weighted by atomic mass is 16.5. The fourth-order valence-electron chi connectivity index (χ4n) is 1.43. The van der Waals surface area contributed by atoms with Crippen LogP contribution in [0.5, 0.6) is 5.88 Å². The first kappa shape index (κ1) is 10.5. The number of nitrogens with two attached hydrogens (primary N) is 1. The van der Waals surface area contributed by atoms with Gasteiger partial charge in [0.05, 0.1) is 11.9 Å². The van der Waals surface area contributed by atoms with Crippen molar-refractivity contribution in [1.29, 1.82) is 0 Å². The third kappa shape index (κ3) is 2.51. The monoisotopic (exact) mass is 214 g/mol. The van der Waals surface area contributed by atoms with Gasteiger partial charge in [0, 0.05) is 6.07 Å². The largest absolute Gasteiger partial charge is 0.470 e. The van der Waals surface area contributed by atoms with Crippen LogP contribution in [0, 0.1) is 0 Å². The molecular weight excluding hydrogens is 200 g/mol. The molecule has 0 saturated carbocycles. The fourth-order valence-corrected chi connectivity index (χ4v) is 1.43. The summed E-state index contributed by atoms with van der Waals surface area (Å²) in [5, 5.41) is 0. The normalized spacial score (nSPS) is 12.1. The number of hydrogen-bond acceptors (Lipinski definition) is 3. The highest BCUT2D eigenvalue weighted by Crippen LogP contribution is 2.19. The number of nitrogen functional groups attached to an aromatic ring is 1. The minimum absolute atomic E-state index is 0.0164. The number of rotatable bonds is 3. The van der Waals surface area contributed by atoms with E-state index in [1.54, 1.807) is 18.3 Å². The molecule has 1 aromatic heterocycles. The van der Waals surface area contributed by atoms with Crippen molar-refractivity contribution in [1.82, 2.24) is 4.98 Å². The van der Waals surface area contributed by atoms with Gasteiger partial charge in [-0.15, -0.1) is 0 Å². The lowest BCUT2D eigenvalue weighted by molar-refractivity contribution is 0.217. The van der Waals surface area contributed by atoms with Gasteiger partial charge >= 0.3 is 0 Å². The molecule has 1 atom stereocenters. The summed E-state index contributed by atoms with van der Waals surface area (Å²) >= 11 is 0. The molecule has 2 aromatic rings.